The lowest BCUT2D eigenvalue weighted by atomic mass is 9.55. The molecule has 0 aromatic rings. The van der Waals surface area contributed by atoms with Crippen LogP contribution >= 0.6 is 0 Å². The Labute approximate surface area is 79.6 Å². The van der Waals surface area contributed by atoms with E-state index in [-0.39, 0.29) is 0 Å². The van der Waals surface area contributed by atoms with Crippen LogP contribution in [-0.4, -0.2) is 25.9 Å². The van der Waals surface area contributed by atoms with Gasteiger partial charge >= 0.3 is 0 Å². The second-order valence-corrected chi connectivity index (χ2v) is 5.02. The molecule has 0 amide bonds. The summed E-state index contributed by atoms with van der Waals surface area (Å²) in [6.07, 6.45) is 8.10. The Balaban J connectivity index is 1.73. The van der Waals surface area contributed by atoms with E-state index >= 15 is 0 Å². The third-order valence-electron chi connectivity index (χ3n) is 4.40. The maximum Gasteiger partial charge on any atom is 0.0847 e. The summed E-state index contributed by atoms with van der Waals surface area (Å²) in [6.45, 7) is 0.951. The fourth-order valence-electron chi connectivity index (χ4n) is 3.35. The van der Waals surface area contributed by atoms with Crippen molar-refractivity contribution >= 4 is 0 Å². The maximum atomic E-state index is 5.63. The smallest absolute Gasteiger partial charge is 0.0847 e. The highest BCUT2D eigenvalue weighted by molar-refractivity contribution is 5.06. The molecule has 0 N–H and O–H groups in total. The van der Waals surface area contributed by atoms with E-state index in [1.54, 1.807) is 0 Å². The van der Waals surface area contributed by atoms with Gasteiger partial charge in [-0.3, -0.25) is 0 Å². The zero-order valence-electron chi connectivity index (χ0n) is 8.29. The molecule has 0 aromatic heterocycles. The number of epoxide rings is 1. The van der Waals surface area contributed by atoms with E-state index in [1.807, 2.05) is 7.11 Å². The van der Waals surface area contributed by atoms with Crippen LogP contribution in [0.5, 0.6) is 0 Å². The molecule has 1 heterocycles. The van der Waals surface area contributed by atoms with Gasteiger partial charge in [0.1, 0.15) is 0 Å². The highest BCUT2D eigenvalue weighted by Crippen LogP contribution is 2.59. The molecule has 3 fully saturated rings. The Kier molecular flexibility index (Phi) is 1.72. The molecule has 74 valence electrons. The van der Waals surface area contributed by atoms with Gasteiger partial charge in [0.25, 0.3) is 0 Å². The third kappa shape index (κ3) is 1.15. The zero-order chi connectivity index (χ0) is 8.89. The van der Waals surface area contributed by atoms with Gasteiger partial charge in [-0.05, 0) is 37.0 Å². The zero-order valence-corrected chi connectivity index (χ0v) is 8.29. The molecule has 0 aromatic carbocycles. The third-order valence-corrected chi connectivity index (χ3v) is 4.40. The fraction of sp³-hybridized carbons (Fsp3) is 1.00. The van der Waals surface area contributed by atoms with E-state index in [9.17, 15) is 0 Å². The summed E-state index contributed by atoms with van der Waals surface area (Å²) in [6, 6.07) is 0. The van der Waals surface area contributed by atoms with Crippen molar-refractivity contribution < 1.29 is 9.47 Å². The van der Waals surface area contributed by atoms with Crippen LogP contribution in [0, 0.1) is 11.3 Å². The molecule has 1 spiro atoms. The molecule has 2 heteroatoms. The van der Waals surface area contributed by atoms with Gasteiger partial charge in [0, 0.05) is 13.7 Å². The van der Waals surface area contributed by atoms with Crippen molar-refractivity contribution in [1.29, 1.82) is 0 Å². The Morgan fingerprint density at radius 3 is 2.85 bits per heavy atom. The summed E-state index contributed by atoms with van der Waals surface area (Å²) in [7, 11) is 1.83. The minimum Gasteiger partial charge on any atom is -0.384 e. The predicted octanol–water partition coefficient (Wildman–Crippen LogP) is 1.98. The SMILES string of the molecule is COCC1CC2OC2CC12CCC2. The number of methoxy groups -OCH3 is 1. The molecule has 3 atom stereocenters. The molecule has 0 radical (unpaired) electrons. The molecule has 2 aliphatic carbocycles. The molecule has 1 saturated heterocycles. The first-order valence-electron chi connectivity index (χ1n) is 5.48. The lowest BCUT2D eigenvalue weighted by molar-refractivity contribution is -0.0237. The van der Waals surface area contributed by atoms with Crippen molar-refractivity contribution in [3.8, 4) is 0 Å². The van der Waals surface area contributed by atoms with Crippen LogP contribution in [0.3, 0.4) is 0 Å². The first-order chi connectivity index (χ1) is 6.34. The van der Waals surface area contributed by atoms with Crippen molar-refractivity contribution in [2.24, 2.45) is 11.3 Å². The quantitative estimate of drug-likeness (QED) is 0.609. The van der Waals surface area contributed by atoms with Crippen LogP contribution in [0.2, 0.25) is 0 Å². The monoisotopic (exact) mass is 182 g/mol. The van der Waals surface area contributed by atoms with Crippen LogP contribution in [0.4, 0.5) is 0 Å². The standard InChI is InChI=1S/C11H18O2/c1-12-7-8-5-9-10(13-9)6-11(8)3-2-4-11/h8-10H,2-7H2,1H3. The Morgan fingerprint density at radius 2 is 2.23 bits per heavy atom. The van der Waals surface area contributed by atoms with Crippen molar-refractivity contribution in [1.82, 2.24) is 0 Å². The minimum atomic E-state index is 0.603. The molecule has 1 aliphatic heterocycles. The molecule has 13 heavy (non-hydrogen) atoms. The first-order valence-corrected chi connectivity index (χ1v) is 5.48. The molecular weight excluding hydrogens is 164 g/mol. The number of ether oxygens (including phenoxy) is 2. The normalized spacial score (nSPS) is 45.5. The topological polar surface area (TPSA) is 21.8 Å². The maximum absolute atomic E-state index is 5.63. The van der Waals surface area contributed by atoms with Crippen molar-refractivity contribution in [3.05, 3.63) is 0 Å². The fourth-order valence-corrected chi connectivity index (χ4v) is 3.35. The van der Waals surface area contributed by atoms with Crippen LogP contribution in [0.25, 0.3) is 0 Å². The second-order valence-electron chi connectivity index (χ2n) is 5.02. The Bertz CT molecular complexity index is 210. The van der Waals surface area contributed by atoms with Gasteiger partial charge in [-0.2, -0.15) is 0 Å². The van der Waals surface area contributed by atoms with Crippen LogP contribution in [0.1, 0.15) is 32.1 Å². The average Bonchev–Trinajstić information content (AvgIpc) is 2.78. The first kappa shape index (κ1) is 8.25. The highest BCUT2D eigenvalue weighted by Gasteiger charge is 2.57. The van der Waals surface area contributed by atoms with E-state index in [4.69, 9.17) is 9.47 Å². The van der Waals surface area contributed by atoms with Crippen LogP contribution in [0.15, 0.2) is 0 Å². The van der Waals surface area contributed by atoms with Crippen LogP contribution < -0.4 is 0 Å². The summed E-state index contributed by atoms with van der Waals surface area (Å²) in [5, 5.41) is 0. The molecule has 2 saturated carbocycles. The predicted molar refractivity (Wildman–Crippen MR) is 49.5 cm³/mol. The summed E-state index contributed by atoms with van der Waals surface area (Å²) in [5.41, 5.74) is 0.633. The van der Waals surface area contributed by atoms with E-state index in [0.29, 0.717) is 17.6 Å². The van der Waals surface area contributed by atoms with E-state index in [0.717, 1.165) is 12.5 Å². The average molecular weight is 182 g/mol. The summed E-state index contributed by atoms with van der Waals surface area (Å²) >= 11 is 0. The van der Waals surface area contributed by atoms with Crippen molar-refractivity contribution in [3.63, 3.8) is 0 Å². The number of fused-ring (bicyclic) bond motifs is 1. The van der Waals surface area contributed by atoms with Gasteiger partial charge in [0.15, 0.2) is 0 Å². The van der Waals surface area contributed by atoms with E-state index in [1.165, 1.54) is 32.1 Å². The number of hydrogen-bond acceptors (Lipinski definition) is 2. The number of hydrogen-bond donors (Lipinski definition) is 0. The lowest BCUT2D eigenvalue weighted by Crippen LogP contribution is -2.44. The molecule has 2 nitrogen and oxygen atoms in total. The van der Waals surface area contributed by atoms with Gasteiger partial charge in [-0.1, -0.05) is 6.42 Å². The second kappa shape index (κ2) is 2.71. The largest absolute Gasteiger partial charge is 0.384 e. The Morgan fingerprint density at radius 1 is 1.38 bits per heavy atom. The van der Waals surface area contributed by atoms with E-state index in [2.05, 4.69) is 0 Å². The minimum absolute atomic E-state index is 0.603. The summed E-state index contributed by atoms with van der Waals surface area (Å²) in [4.78, 5) is 0. The van der Waals surface area contributed by atoms with Crippen molar-refractivity contribution in [2.75, 3.05) is 13.7 Å². The number of rotatable bonds is 2. The molecular formula is C11H18O2. The van der Waals surface area contributed by atoms with E-state index < -0.39 is 0 Å². The molecule has 3 unspecified atom stereocenters. The molecule has 3 aliphatic rings. The summed E-state index contributed by atoms with van der Waals surface area (Å²) < 4.78 is 11.0. The van der Waals surface area contributed by atoms with Gasteiger partial charge in [0.2, 0.25) is 0 Å². The van der Waals surface area contributed by atoms with Gasteiger partial charge in [0.05, 0.1) is 12.2 Å². The van der Waals surface area contributed by atoms with Crippen molar-refractivity contribution in [2.45, 2.75) is 44.3 Å². The van der Waals surface area contributed by atoms with Gasteiger partial charge < -0.3 is 9.47 Å². The highest BCUT2D eigenvalue weighted by atomic mass is 16.6. The molecule has 3 rings (SSSR count). The lowest BCUT2D eigenvalue weighted by Gasteiger charge is -2.49. The van der Waals surface area contributed by atoms with Gasteiger partial charge in [-0.15, -0.1) is 0 Å². The van der Waals surface area contributed by atoms with Crippen LogP contribution in [-0.2, 0) is 9.47 Å². The molecule has 0 bridgehead atoms. The summed E-state index contributed by atoms with van der Waals surface area (Å²) in [5.74, 6) is 0.787. The Hall–Kier alpha value is -0.0800. The van der Waals surface area contributed by atoms with Gasteiger partial charge in [-0.25, -0.2) is 0 Å².